The van der Waals surface area contributed by atoms with Crippen molar-refractivity contribution in [3.05, 3.63) is 35.3 Å². The van der Waals surface area contributed by atoms with Gasteiger partial charge in [0.1, 0.15) is 12.7 Å². The molecular weight excluding hydrogens is 258 g/mol. The first-order valence-electron chi connectivity index (χ1n) is 4.33. The van der Waals surface area contributed by atoms with E-state index in [0.29, 0.717) is 0 Å². The molecule has 0 aliphatic heterocycles. The van der Waals surface area contributed by atoms with Crippen molar-refractivity contribution in [1.29, 1.82) is 0 Å². The SMILES string of the molecule is Brc1ccc2[nH]nc(-n3cncn3)c2c1. The van der Waals surface area contributed by atoms with Crippen LogP contribution in [0.1, 0.15) is 0 Å². The van der Waals surface area contributed by atoms with Crippen molar-refractivity contribution < 1.29 is 0 Å². The van der Waals surface area contributed by atoms with E-state index in [9.17, 15) is 0 Å². The van der Waals surface area contributed by atoms with Crippen molar-refractivity contribution in [1.82, 2.24) is 25.0 Å². The lowest BCUT2D eigenvalue weighted by molar-refractivity contribution is 0.840. The molecule has 0 unspecified atom stereocenters. The standard InChI is InChI=1S/C9H6BrN5/c10-6-1-2-8-7(3-6)9(14-13-8)15-5-11-4-12-15/h1-5H,(H,13,14). The number of H-pyrrole nitrogens is 1. The third kappa shape index (κ3) is 1.33. The lowest BCUT2D eigenvalue weighted by Crippen LogP contribution is -1.94. The number of aromatic amines is 1. The molecule has 15 heavy (non-hydrogen) atoms. The number of nitrogens with zero attached hydrogens (tertiary/aromatic N) is 4. The van der Waals surface area contributed by atoms with Crippen molar-refractivity contribution in [3.8, 4) is 5.82 Å². The maximum Gasteiger partial charge on any atom is 0.184 e. The van der Waals surface area contributed by atoms with E-state index in [4.69, 9.17) is 0 Å². The third-order valence-corrected chi connectivity index (χ3v) is 2.63. The van der Waals surface area contributed by atoms with Crippen LogP contribution in [0.2, 0.25) is 0 Å². The Labute approximate surface area is 93.3 Å². The monoisotopic (exact) mass is 263 g/mol. The van der Waals surface area contributed by atoms with E-state index < -0.39 is 0 Å². The van der Waals surface area contributed by atoms with Gasteiger partial charge in [0.15, 0.2) is 5.82 Å². The summed E-state index contributed by atoms with van der Waals surface area (Å²) in [6, 6.07) is 5.92. The average Bonchev–Trinajstić information content (AvgIpc) is 2.83. The highest BCUT2D eigenvalue weighted by molar-refractivity contribution is 9.10. The van der Waals surface area contributed by atoms with Gasteiger partial charge in [-0.05, 0) is 18.2 Å². The quantitative estimate of drug-likeness (QED) is 0.730. The first-order chi connectivity index (χ1) is 7.34. The summed E-state index contributed by atoms with van der Waals surface area (Å²) in [5, 5.41) is 12.2. The van der Waals surface area contributed by atoms with Crippen molar-refractivity contribution in [2.45, 2.75) is 0 Å². The van der Waals surface area contributed by atoms with E-state index in [2.05, 4.69) is 36.2 Å². The van der Waals surface area contributed by atoms with Crippen LogP contribution in [0.15, 0.2) is 35.3 Å². The summed E-state index contributed by atoms with van der Waals surface area (Å²) >= 11 is 3.43. The first-order valence-corrected chi connectivity index (χ1v) is 5.12. The summed E-state index contributed by atoms with van der Waals surface area (Å²) in [5.41, 5.74) is 0.976. The molecule has 0 aliphatic rings. The Morgan fingerprint density at radius 2 is 2.27 bits per heavy atom. The summed E-state index contributed by atoms with van der Waals surface area (Å²) in [5.74, 6) is 0.754. The molecule has 0 radical (unpaired) electrons. The number of fused-ring (bicyclic) bond motifs is 1. The van der Waals surface area contributed by atoms with E-state index in [1.807, 2.05) is 18.2 Å². The van der Waals surface area contributed by atoms with E-state index in [0.717, 1.165) is 21.2 Å². The Balaban J connectivity index is 2.32. The van der Waals surface area contributed by atoms with Crippen LogP contribution in [0.3, 0.4) is 0 Å². The molecule has 0 amide bonds. The predicted octanol–water partition coefficient (Wildman–Crippen LogP) is 1.91. The van der Waals surface area contributed by atoms with Crippen LogP contribution in [0.25, 0.3) is 16.7 Å². The molecule has 2 aromatic heterocycles. The summed E-state index contributed by atoms with van der Waals surface area (Å²) < 4.78 is 2.64. The number of hydrogen-bond donors (Lipinski definition) is 1. The number of hydrogen-bond acceptors (Lipinski definition) is 3. The minimum atomic E-state index is 0.754. The maximum absolute atomic E-state index is 4.19. The van der Waals surface area contributed by atoms with Gasteiger partial charge in [0.2, 0.25) is 0 Å². The molecule has 5 nitrogen and oxygen atoms in total. The molecule has 3 aromatic rings. The lowest BCUT2D eigenvalue weighted by Gasteiger charge is -1.95. The van der Waals surface area contributed by atoms with Crippen LogP contribution in [-0.4, -0.2) is 25.0 Å². The minimum Gasteiger partial charge on any atom is -0.276 e. The topological polar surface area (TPSA) is 59.4 Å². The molecule has 1 aromatic carbocycles. The molecule has 0 fully saturated rings. The Hall–Kier alpha value is -1.69. The molecule has 0 spiro atoms. The fourth-order valence-corrected chi connectivity index (χ4v) is 1.83. The van der Waals surface area contributed by atoms with Crippen LogP contribution in [0, 0.1) is 0 Å². The summed E-state index contributed by atoms with van der Waals surface area (Å²) in [6.07, 6.45) is 3.11. The van der Waals surface area contributed by atoms with Crippen LogP contribution >= 0.6 is 15.9 Å². The summed E-state index contributed by atoms with van der Waals surface area (Å²) in [7, 11) is 0. The Kier molecular flexibility index (Phi) is 1.81. The van der Waals surface area contributed by atoms with E-state index in [-0.39, 0.29) is 0 Å². The molecule has 0 saturated heterocycles. The molecule has 1 N–H and O–H groups in total. The molecule has 2 heterocycles. The number of nitrogens with one attached hydrogen (secondary N) is 1. The molecule has 6 heteroatoms. The molecule has 0 aliphatic carbocycles. The highest BCUT2D eigenvalue weighted by atomic mass is 79.9. The second kappa shape index (κ2) is 3.16. The number of aromatic nitrogens is 5. The fraction of sp³-hybridized carbons (Fsp3) is 0. The van der Waals surface area contributed by atoms with Crippen LogP contribution < -0.4 is 0 Å². The lowest BCUT2D eigenvalue weighted by atomic mass is 10.2. The highest BCUT2D eigenvalue weighted by Crippen LogP contribution is 2.22. The molecular formula is C9H6BrN5. The molecule has 74 valence electrons. The average molecular weight is 264 g/mol. The Morgan fingerprint density at radius 3 is 3.07 bits per heavy atom. The largest absolute Gasteiger partial charge is 0.276 e. The van der Waals surface area contributed by atoms with Crippen molar-refractivity contribution in [3.63, 3.8) is 0 Å². The van der Waals surface area contributed by atoms with E-state index in [1.165, 1.54) is 6.33 Å². The van der Waals surface area contributed by atoms with Gasteiger partial charge in [0.05, 0.1) is 5.52 Å². The highest BCUT2D eigenvalue weighted by Gasteiger charge is 2.07. The third-order valence-electron chi connectivity index (χ3n) is 2.14. The Morgan fingerprint density at radius 1 is 1.33 bits per heavy atom. The van der Waals surface area contributed by atoms with Gasteiger partial charge in [-0.1, -0.05) is 15.9 Å². The van der Waals surface area contributed by atoms with Gasteiger partial charge in [0.25, 0.3) is 0 Å². The number of benzene rings is 1. The van der Waals surface area contributed by atoms with Crippen LogP contribution in [0.4, 0.5) is 0 Å². The van der Waals surface area contributed by atoms with Crippen molar-refractivity contribution in [2.75, 3.05) is 0 Å². The van der Waals surface area contributed by atoms with Gasteiger partial charge < -0.3 is 0 Å². The second-order valence-corrected chi connectivity index (χ2v) is 3.99. The molecule has 0 saturated carbocycles. The second-order valence-electron chi connectivity index (χ2n) is 3.08. The van der Waals surface area contributed by atoms with Crippen LogP contribution in [-0.2, 0) is 0 Å². The van der Waals surface area contributed by atoms with Crippen molar-refractivity contribution >= 4 is 26.8 Å². The zero-order chi connectivity index (χ0) is 10.3. The van der Waals surface area contributed by atoms with Gasteiger partial charge in [-0.15, -0.1) is 0 Å². The predicted molar refractivity (Wildman–Crippen MR) is 58.7 cm³/mol. The van der Waals surface area contributed by atoms with Crippen molar-refractivity contribution in [2.24, 2.45) is 0 Å². The normalized spacial score (nSPS) is 11.0. The first kappa shape index (κ1) is 8.60. The fourth-order valence-electron chi connectivity index (χ4n) is 1.46. The van der Waals surface area contributed by atoms with Gasteiger partial charge in [-0.25, -0.2) is 9.67 Å². The summed E-state index contributed by atoms with van der Waals surface area (Å²) in [6.45, 7) is 0. The van der Waals surface area contributed by atoms with Gasteiger partial charge in [0, 0.05) is 9.86 Å². The molecule has 0 atom stereocenters. The van der Waals surface area contributed by atoms with Gasteiger partial charge in [-0.2, -0.15) is 10.2 Å². The summed E-state index contributed by atoms with van der Waals surface area (Å²) in [4.78, 5) is 3.89. The van der Waals surface area contributed by atoms with E-state index >= 15 is 0 Å². The van der Waals surface area contributed by atoms with Gasteiger partial charge >= 0.3 is 0 Å². The van der Waals surface area contributed by atoms with Crippen LogP contribution in [0.5, 0.6) is 0 Å². The molecule has 3 rings (SSSR count). The number of halogens is 1. The number of rotatable bonds is 1. The maximum atomic E-state index is 4.19. The minimum absolute atomic E-state index is 0.754. The smallest absolute Gasteiger partial charge is 0.184 e. The Bertz CT molecular complexity index is 598. The van der Waals surface area contributed by atoms with E-state index in [1.54, 1.807) is 11.0 Å². The molecule has 0 bridgehead atoms. The zero-order valence-electron chi connectivity index (χ0n) is 7.55. The van der Waals surface area contributed by atoms with Gasteiger partial charge in [-0.3, -0.25) is 5.10 Å². The zero-order valence-corrected chi connectivity index (χ0v) is 9.14.